The molecule has 0 saturated heterocycles. The topological polar surface area (TPSA) is 38.9 Å². The number of nitrogen functional groups attached to an aromatic ring is 1. The Balaban J connectivity index is 2.53. The van der Waals surface area contributed by atoms with Crippen molar-refractivity contribution in [2.45, 2.75) is 0 Å². The predicted molar refractivity (Wildman–Crippen MR) is 62.0 cm³/mol. The van der Waals surface area contributed by atoms with Crippen molar-refractivity contribution >= 4 is 40.4 Å². The van der Waals surface area contributed by atoms with E-state index in [4.69, 9.17) is 28.9 Å². The Morgan fingerprint density at radius 3 is 2.57 bits per heavy atom. The summed E-state index contributed by atoms with van der Waals surface area (Å²) in [6.45, 7) is 0. The van der Waals surface area contributed by atoms with Gasteiger partial charge in [-0.25, -0.2) is 4.98 Å². The van der Waals surface area contributed by atoms with Crippen molar-refractivity contribution in [2.75, 3.05) is 5.73 Å². The molecule has 0 amide bonds. The fourth-order valence-electron chi connectivity index (χ4n) is 1.11. The quantitative estimate of drug-likeness (QED) is 0.831. The second-order valence-corrected chi connectivity index (χ2v) is 4.36. The number of aromatic nitrogens is 1. The van der Waals surface area contributed by atoms with Gasteiger partial charge in [0.25, 0.3) is 0 Å². The normalized spacial score (nSPS) is 10.4. The van der Waals surface area contributed by atoms with Crippen molar-refractivity contribution in [3.8, 4) is 10.4 Å². The molecule has 0 aliphatic carbocycles. The van der Waals surface area contributed by atoms with Gasteiger partial charge >= 0.3 is 0 Å². The first-order valence-corrected chi connectivity index (χ1v) is 5.46. The molecule has 1 heterocycles. The summed E-state index contributed by atoms with van der Waals surface area (Å²) in [5, 5.41) is 1.07. The van der Waals surface area contributed by atoms with E-state index >= 15 is 0 Å². The lowest BCUT2D eigenvalue weighted by Crippen LogP contribution is -1.86. The molecule has 0 unspecified atom stereocenters. The number of rotatable bonds is 1. The number of nitrogens with zero attached hydrogens (tertiary/aromatic N) is 1. The van der Waals surface area contributed by atoms with E-state index in [1.807, 2.05) is 6.07 Å². The minimum absolute atomic E-state index is 0.522. The van der Waals surface area contributed by atoms with Crippen LogP contribution in [-0.4, -0.2) is 4.98 Å². The number of benzene rings is 1. The average Bonchev–Trinajstić information content (AvgIpc) is 2.57. The number of hydrogen-bond acceptors (Lipinski definition) is 3. The van der Waals surface area contributed by atoms with Gasteiger partial charge in [0, 0.05) is 0 Å². The summed E-state index contributed by atoms with van der Waals surface area (Å²) in [5.41, 5.74) is 8.33. The number of halogens is 2. The van der Waals surface area contributed by atoms with Crippen LogP contribution in [0.4, 0.5) is 5.82 Å². The van der Waals surface area contributed by atoms with Crippen molar-refractivity contribution in [1.82, 2.24) is 4.98 Å². The first-order chi connectivity index (χ1) is 6.68. The molecule has 2 rings (SSSR count). The van der Waals surface area contributed by atoms with Crippen molar-refractivity contribution < 1.29 is 0 Å². The lowest BCUT2D eigenvalue weighted by atomic mass is 10.2. The molecule has 0 saturated carbocycles. The Morgan fingerprint density at radius 2 is 2.00 bits per heavy atom. The third kappa shape index (κ3) is 1.71. The van der Waals surface area contributed by atoms with Gasteiger partial charge < -0.3 is 5.73 Å². The van der Waals surface area contributed by atoms with E-state index in [-0.39, 0.29) is 0 Å². The van der Waals surface area contributed by atoms with Crippen molar-refractivity contribution in [3.05, 3.63) is 33.8 Å². The SMILES string of the molecule is Nc1ncsc1-c1ccc(Cl)c(Cl)c1. The molecule has 72 valence electrons. The van der Waals surface area contributed by atoms with Gasteiger partial charge in [-0.3, -0.25) is 0 Å². The third-order valence-electron chi connectivity index (χ3n) is 1.78. The molecule has 2 N–H and O–H groups in total. The Labute approximate surface area is 95.3 Å². The van der Waals surface area contributed by atoms with Gasteiger partial charge in [0.15, 0.2) is 0 Å². The maximum atomic E-state index is 5.89. The highest BCUT2D eigenvalue weighted by Crippen LogP contribution is 2.33. The minimum Gasteiger partial charge on any atom is -0.382 e. The molecule has 2 nitrogen and oxygen atoms in total. The van der Waals surface area contributed by atoms with Crippen LogP contribution in [0.15, 0.2) is 23.7 Å². The van der Waals surface area contributed by atoms with Gasteiger partial charge in [-0.2, -0.15) is 0 Å². The fraction of sp³-hybridized carbons (Fsp3) is 0. The van der Waals surface area contributed by atoms with Crippen LogP contribution in [0.2, 0.25) is 10.0 Å². The van der Waals surface area contributed by atoms with E-state index in [2.05, 4.69) is 4.98 Å². The molecule has 1 aromatic heterocycles. The molecule has 0 aliphatic rings. The maximum absolute atomic E-state index is 5.89. The summed E-state index contributed by atoms with van der Waals surface area (Å²) in [6, 6.07) is 5.41. The molecular formula is C9H6Cl2N2S. The van der Waals surface area contributed by atoms with Gasteiger partial charge in [0.2, 0.25) is 0 Å². The van der Waals surface area contributed by atoms with Gasteiger partial charge in [0.05, 0.1) is 20.4 Å². The molecule has 1 aromatic carbocycles. The van der Waals surface area contributed by atoms with Gasteiger partial charge in [-0.05, 0) is 17.7 Å². The highest BCUT2D eigenvalue weighted by Gasteiger charge is 2.07. The lowest BCUT2D eigenvalue weighted by molar-refractivity contribution is 1.42. The molecule has 14 heavy (non-hydrogen) atoms. The van der Waals surface area contributed by atoms with Gasteiger partial charge in [-0.1, -0.05) is 29.3 Å². The molecule has 0 aliphatic heterocycles. The van der Waals surface area contributed by atoms with E-state index in [0.717, 1.165) is 10.4 Å². The number of hydrogen-bond donors (Lipinski definition) is 1. The summed E-state index contributed by atoms with van der Waals surface area (Å²) < 4.78 is 0. The van der Waals surface area contributed by atoms with Crippen molar-refractivity contribution in [2.24, 2.45) is 0 Å². The largest absolute Gasteiger partial charge is 0.382 e. The summed E-state index contributed by atoms with van der Waals surface area (Å²) in [6.07, 6.45) is 0. The molecule has 0 fully saturated rings. The maximum Gasteiger partial charge on any atom is 0.142 e. The second kappa shape index (κ2) is 3.77. The molecular weight excluding hydrogens is 239 g/mol. The molecule has 2 aromatic rings. The Bertz CT molecular complexity index is 468. The molecule has 0 spiro atoms. The zero-order chi connectivity index (χ0) is 10.1. The van der Waals surface area contributed by atoms with Crippen LogP contribution in [0.5, 0.6) is 0 Å². The highest BCUT2D eigenvalue weighted by molar-refractivity contribution is 7.13. The van der Waals surface area contributed by atoms with E-state index < -0.39 is 0 Å². The molecule has 5 heteroatoms. The second-order valence-electron chi connectivity index (χ2n) is 2.70. The number of anilines is 1. The van der Waals surface area contributed by atoms with Crippen molar-refractivity contribution in [1.29, 1.82) is 0 Å². The number of thiazole rings is 1. The van der Waals surface area contributed by atoms with E-state index in [9.17, 15) is 0 Å². The Morgan fingerprint density at radius 1 is 1.21 bits per heavy atom. The van der Waals surface area contributed by atoms with Crippen LogP contribution in [0.1, 0.15) is 0 Å². The van der Waals surface area contributed by atoms with Crippen LogP contribution in [0.25, 0.3) is 10.4 Å². The first kappa shape index (κ1) is 9.77. The Kier molecular flexibility index (Phi) is 2.63. The zero-order valence-corrected chi connectivity index (χ0v) is 9.33. The molecule has 0 atom stereocenters. The third-order valence-corrected chi connectivity index (χ3v) is 3.41. The van der Waals surface area contributed by atoms with Crippen LogP contribution in [0, 0.1) is 0 Å². The van der Waals surface area contributed by atoms with E-state index in [1.54, 1.807) is 17.6 Å². The minimum atomic E-state index is 0.522. The van der Waals surface area contributed by atoms with Crippen LogP contribution >= 0.6 is 34.5 Å². The van der Waals surface area contributed by atoms with E-state index in [1.165, 1.54) is 11.3 Å². The average molecular weight is 245 g/mol. The van der Waals surface area contributed by atoms with E-state index in [0.29, 0.717) is 15.9 Å². The van der Waals surface area contributed by atoms with Gasteiger partial charge in [0.1, 0.15) is 5.82 Å². The first-order valence-electron chi connectivity index (χ1n) is 3.83. The smallest absolute Gasteiger partial charge is 0.142 e. The molecule has 0 bridgehead atoms. The Hall–Kier alpha value is -0.770. The summed E-state index contributed by atoms with van der Waals surface area (Å²) in [4.78, 5) is 4.89. The summed E-state index contributed by atoms with van der Waals surface area (Å²) in [5.74, 6) is 0.522. The number of nitrogens with two attached hydrogens (primary N) is 1. The standard InChI is InChI=1S/C9H6Cl2N2S/c10-6-2-1-5(3-7(6)11)8-9(12)13-4-14-8/h1-4H,12H2. The van der Waals surface area contributed by atoms with Crippen molar-refractivity contribution in [3.63, 3.8) is 0 Å². The van der Waals surface area contributed by atoms with Crippen LogP contribution in [0.3, 0.4) is 0 Å². The fourth-order valence-corrected chi connectivity index (χ4v) is 2.11. The zero-order valence-electron chi connectivity index (χ0n) is 7.00. The monoisotopic (exact) mass is 244 g/mol. The lowest BCUT2D eigenvalue weighted by Gasteiger charge is -2.00. The highest BCUT2D eigenvalue weighted by atomic mass is 35.5. The van der Waals surface area contributed by atoms with Crippen LogP contribution in [-0.2, 0) is 0 Å². The van der Waals surface area contributed by atoms with Crippen LogP contribution < -0.4 is 5.73 Å². The predicted octanol–water partition coefficient (Wildman–Crippen LogP) is 3.70. The molecule has 0 radical (unpaired) electrons. The summed E-state index contributed by atoms with van der Waals surface area (Å²) >= 11 is 13.2. The summed E-state index contributed by atoms with van der Waals surface area (Å²) in [7, 11) is 0. The van der Waals surface area contributed by atoms with Gasteiger partial charge in [-0.15, -0.1) is 11.3 Å².